The minimum Gasteiger partial charge on any atom is -0.383 e. The summed E-state index contributed by atoms with van der Waals surface area (Å²) in [7, 11) is 1.87. The van der Waals surface area contributed by atoms with Crippen LogP contribution in [0, 0.1) is 0 Å². The van der Waals surface area contributed by atoms with Gasteiger partial charge in [0.2, 0.25) is 0 Å². The number of nitrogens with zero attached hydrogens (tertiary/aromatic N) is 4. The lowest BCUT2D eigenvalue weighted by Gasteiger charge is -2.38. The van der Waals surface area contributed by atoms with E-state index < -0.39 is 24.9 Å². The summed E-state index contributed by atoms with van der Waals surface area (Å²) in [5.41, 5.74) is 11.4. The number of amides is 2. The second-order valence-electron chi connectivity index (χ2n) is 9.15. The first-order chi connectivity index (χ1) is 17.6. The molecule has 2 amide bonds. The van der Waals surface area contributed by atoms with Gasteiger partial charge in [0, 0.05) is 29.4 Å². The molecule has 2 aromatic carbocycles. The van der Waals surface area contributed by atoms with Crippen LogP contribution in [0.4, 0.5) is 20.3 Å². The molecule has 1 aliphatic rings. The second kappa shape index (κ2) is 8.81. The number of halogens is 2. The summed E-state index contributed by atoms with van der Waals surface area (Å²) in [5.74, 6) is -3.23. The SMILES string of the molecule is C=C(C)C(=O)Nc1ccc(-c2c(-c3ccc(C(=O)N4CC(F)(F)C4)cc3)c3c(N)ncnc3n2C)cc1. The Kier molecular flexibility index (Phi) is 5.74. The van der Waals surface area contributed by atoms with Crippen LogP contribution in [-0.2, 0) is 11.8 Å². The van der Waals surface area contributed by atoms with E-state index in [9.17, 15) is 18.4 Å². The minimum atomic E-state index is -2.83. The maximum Gasteiger partial charge on any atom is 0.282 e. The van der Waals surface area contributed by atoms with Crippen LogP contribution in [0.15, 0.2) is 67.0 Å². The highest BCUT2D eigenvalue weighted by Gasteiger charge is 2.46. The molecule has 1 fully saturated rings. The molecular weight excluding hydrogens is 478 g/mol. The Bertz CT molecular complexity index is 1550. The summed E-state index contributed by atoms with van der Waals surface area (Å²) in [4.78, 5) is 34.3. The summed E-state index contributed by atoms with van der Waals surface area (Å²) >= 11 is 0. The molecule has 4 aromatic rings. The monoisotopic (exact) mass is 502 g/mol. The zero-order valence-electron chi connectivity index (χ0n) is 20.3. The highest BCUT2D eigenvalue weighted by Crippen LogP contribution is 2.42. The molecule has 8 nitrogen and oxygen atoms in total. The summed E-state index contributed by atoms with van der Waals surface area (Å²) in [6.45, 7) is 4.14. The van der Waals surface area contributed by atoms with E-state index in [-0.39, 0.29) is 5.91 Å². The van der Waals surface area contributed by atoms with Crippen molar-refractivity contribution >= 4 is 34.4 Å². The van der Waals surface area contributed by atoms with Gasteiger partial charge in [0.1, 0.15) is 17.8 Å². The van der Waals surface area contributed by atoms with Gasteiger partial charge in [-0.1, -0.05) is 30.8 Å². The molecule has 3 N–H and O–H groups in total. The van der Waals surface area contributed by atoms with Crippen molar-refractivity contribution in [1.82, 2.24) is 19.4 Å². The fourth-order valence-electron chi connectivity index (χ4n) is 4.46. The molecule has 0 saturated carbocycles. The van der Waals surface area contributed by atoms with Gasteiger partial charge < -0.3 is 20.5 Å². The van der Waals surface area contributed by atoms with Crippen molar-refractivity contribution in [2.45, 2.75) is 12.8 Å². The van der Waals surface area contributed by atoms with Crippen LogP contribution < -0.4 is 11.1 Å². The standard InChI is InChI=1S/C27H24F2N6O2/c1-15(2)25(36)33-19-10-8-17(9-11-19)22-20(21-23(30)31-14-32-24(21)34(22)3)16-4-6-18(7-5-16)26(37)35-12-27(28,29)13-35/h4-11,14H,1,12-13H2,2-3H3,(H,33,36)(H2,30,31,32). The van der Waals surface area contributed by atoms with Crippen molar-refractivity contribution < 1.29 is 18.4 Å². The van der Waals surface area contributed by atoms with Crippen molar-refractivity contribution in [1.29, 1.82) is 0 Å². The number of nitrogen functional groups attached to an aromatic ring is 1. The number of hydrogen-bond acceptors (Lipinski definition) is 5. The average Bonchev–Trinajstić information content (AvgIpc) is 3.16. The third-order valence-electron chi connectivity index (χ3n) is 6.35. The molecule has 0 atom stereocenters. The first kappa shape index (κ1) is 24.1. The predicted octanol–water partition coefficient (Wildman–Crippen LogP) is 4.49. The van der Waals surface area contributed by atoms with E-state index in [1.165, 1.54) is 6.33 Å². The van der Waals surface area contributed by atoms with Crippen molar-refractivity contribution in [3.05, 3.63) is 72.6 Å². The van der Waals surface area contributed by atoms with Crippen molar-refractivity contribution in [2.75, 3.05) is 24.1 Å². The number of benzene rings is 2. The third-order valence-corrected chi connectivity index (χ3v) is 6.35. The number of alkyl halides is 2. The zero-order chi connectivity index (χ0) is 26.5. The van der Waals surface area contributed by atoms with E-state index in [1.54, 1.807) is 43.3 Å². The Morgan fingerprint density at radius 2 is 1.65 bits per heavy atom. The predicted molar refractivity (Wildman–Crippen MR) is 138 cm³/mol. The van der Waals surface area contributed by atoms with Crippen LogP contribution in [0.2, 0.25) is 0 Å². The average molecular weight is 503 g/mol. The Hall–Kier alpha value is -4.60. The summed E-state index contributed by atoms with van der Waals surface area (Å²) in [6.07, 6.45) is 1.39. The number of likely N-dealkylation sites (tertiary alicyclic amines) is 1. The fourth-order valence-corrected chi connectivity index (χ4v) is 4.46. The number of carbonyl (C=O) groups excluding carboxylic acids is 2. The lowest BCUT2D eigenvalue weighted by Crippen LogP contribution is -2.58. The van der Waals surface area contributed by atoms with E-state index >= 15 is 0 Å². The molecule has 2 aromatic heterocycles. The number of hydrogen-bond donors (Lipinski definition) is 2. The largest absolute Gasteiger partial charge is 0.383 e. The van der Waals surface area contributed by atoms with Crippen molar-refractivity contribution in [3.63, 3.8) is 0 Å². The molecule has 0 bridgehead atoms. The van der Waals surface area contributed by atoms with Gasteiger partial charge in [-0.15, -0.1) is 0 Å². The molecule has 188 valence electrons. The van der Waals surface area contributed by atoms with Crippen LogP contribution in [0.3, 0.4) is 0 Å². The number of nitrogens with two attached hydrogens (primary N) is 1. The third kappa shape index (κ3) is 4.31. The minimum absolute atomic E-state index is 0.266. The van der Waals surface area contributed by atoms with Crippen LogP contribution in [0.1, 0.15) is 17.3 Å². The van der Waals surface area contributed by atoms with E-state index in [2.05, 4.69) is 21.9 Å². The van der Waals surface area contributed by atoms with Gasteiger partial charge in [-0.2, -0.15) is 0 Å². The Morgan fingerprint density at radius 1 is 1.03 bits per heavy atom. The number of aromatic nitrogens is 3. The van der Waals surface area contributed by atoms with E-state index in [4.69, 9.17) is 5.73 Å². The highest BCUT2D eigenvalue weighted by atomic mass is 19.3. The van der Waals surface area contributed by atoms with Gasteiger partial charge in [0.25, 0.3) is 17.7 Å². The number of fused-ring (bicyclic) bond motifs is 1. The fraction of sp³-hybridized carbons (Fsp3) is 0.185. The first-order valence-corrected chi connectivity index (χ1v) is 11.5. The van der Waals surface area contributed by atoms with Gasteiger partial charge in [0.15, 0.2) is 0 Å². The summed E-state index contributed by atoms with van der Waals surface area (Å²) in [5, 5.41) is 3.44. The smallest absolute Gasteiger partial charge is 0.282 e. The van der Waals surface area contributed by atoms with Gasteiger partial charge in [-0.3, -0.25) is 9.59 Å². The van der Waals surface area contributed by atoms with Crippen molar-refractivity contribution in [2.24, 2.45) is 7.05 Å². The molecule has 37 heavy (non-hydrogen) atoms. The normalized spacial score (nSPS) is 14.3. The Labute approximate surface area is 211 Å². The zero-order valence-corrected chi connectivity index (χ0v) is 20.3. The number of carbonyl (C=O) groups is 2. The molecule has 0 aliphatic carbocycles. The van der Waals surface area contributed by atoms with Gasteiger partial charge in [-0.05, 0) is 42.3 Å². The molecule has 3 heterocycles. The van der Waals surface area contributed by atoms with Crippen LogP contribution in [0.25, 0.3) is 33.4 Å². The molecule has 0 spiro atoms. The van der Waals surface area contributed by atoms with Crippen LogP contribution in [-0.4, -0.2) is 50.3 Å². The van der Waals surface area contributed by atoms with Gasteiger partial charge in [0.05, 0.1) is 24.2 Å². The van der Waals surface area contributed by atoms with Crippen molar-refractivity contribution in [3.8, 4) is 22.4 Å². The molecule has 5 rings (SSSR count). The lowest BCUT2D eigenvalue weighted by molar-refractivity contribution is -0.113. The van der Waals surface area contributed by atoms with E-state index in [0.29, 0.717) is 33.7 Å². The van der Waals surface area contributed by atoms with E-state index in [0.717, 1.165) is 27.3 Å². The highest BCUT2D eigenvalue weighted by molar-refractivity contribution is 6.08. The number of rotatable bonds is 5. The topological polar surface area (TPSA) is 106 Å². The van der Waals surface area contributed by atoms with E-state index in [1.807, 2.05) is 23.7 Å². The number of anilines is 2. The first-order valence-electron chi connectivity index (χ1n) is 11.5. The molecule has 0 radical (unpaired) electrons. The maximum absolute atomic E-state index is 13.2. The maximum atomic E-state index is 13.2. The molecule has 10 heteroatoms. The summed E-state index contributed by atoms with van der Waals surface area (Å²) < 4.78 is 28.4. The van der Waals surface area contributed by atoms with Crippen LogP contribution in [0.5, 0.6) is 0 Å². The number of nitrogens with one attached hydrogen (secondary N) is 1. The second-order valence-corrected chi connectivity index (χ2v) is 9.15. The molecule has 0 unspecified atom stereocenters. The molecule has 1 saturated heterocycles. The van der Waals surface area contributed by atoms with Gasteiger partial charge >= 0.3 is 0 Å². The molecular formula is C27H24F2N6O2. The quantitative estimate of drug-likeness (QED) is 0.391. The van der Waals surface area contributed by atoms with Crippen LogP contribution >= 0.6 is 0 Å². The Morgan fingerprint density at radius 3 is 2.24 bits per heavy atom. The Balaban J connectivity index is 1.56. The number of aryl methyl sites for hydroxylation is 1. The molecule has 1 aliphatic heterocycles. The van der Waals surface area contributed by atoms with Gasteiger partial charge in [-0.25, -0.2) is 18.7 Å². The summed E-state index contributed by atoms with van der Waals surface area (Å²) in [6, 6.07) is 14.1. The lowest BCUT2D eigenvalue weighted by atomic mass is 9.97.